The van der Waals surface area contributed by atoms with Crippen molar-refractivity contribution in [3.8, 4) is 0 Å². The van der Waals surface area contributed by atoms with E-state index in [2.05, 4.69) is 27.7 Å². The number of hydrogen-bond acceptors (Lipinski definition) is 6. The highest BCUT2D eigenvalue weighted by atomic mass is 16.6. The summed E-state index contributed by atoms with van der Waals surface area (Å²) in [6, 6.07) is 0. The zero-order valence-electron chi connectivity index (χ0n) is 42.3. The zero-order valence-corrected chi connectivity index (χ0v) is 42.3. The fourth-order valence-corrected chi connectivity index (χ4v) is 8.54. The summed E-state index contributed by atoms with van der Waals surface area (Å²) >= 11 is 0. The lowest BCUT2D eigenvalue weighted by atomic mass is 9.99. The summed E-state index contributed by atoms with van der Waals surface area (Å²) in [5.41, 5.74) is 0. The van der Waals surface area contributed by atoms with Gasteiger partial charge in [0, 0.05) is 19.3 Å². The molecule has 0 spiro atoms. The van der Waals surface area contributed by atoms with Gasteiger partial charge in [0.2, 0.25) is 0 Å². The number of ether oxygens (including phenoxy) is 3. The van der Waals surface area contributed by atoms with Crippen molar-refractivity contribution in [2.24, 2.45) is 5.92 Å². The van der Waals surface area contributed by atoms with Gasteiger partial charge >= 0.3 is 17.9 Å². The monoisotopic (exact) mass is 877 g/mol. The Morgan fingerprint density at radius 3 is 0.839 bits per heavy atom. The van der Waals surface area contributed by atoms with Crippen molar-refractivity contribution in [1.82, 2.24) is 0 Å². The van der Waals surface area contributed by atoms with Gasteiger partial charge in [-0.25, -0.2) is 0 Å². The quantitative estimate of drug-likeness (QED) is 0.0344. The first kappa shape index (κ1) is 60.4. The molecule has 0 fully saturated rings. The molecule has 0 aliphatic heterocycles. The second kappa shape index (κ2) is 50.4. The smallest absolute Gasteiger partial charge is 0.306 e. The van der Waals surface area contributed by atoms with Crippen LogP contribution in [0.15, 0.2) is 0 Å². The van der Waals surface area contributed by atoms with E-state index in [9.17, 15) is 14.4 Å². The van der Waals surface area contributed by atoms with Gasteiger partial charge in [0.1, 0.15) is 13.2 Å². The fourth-order valence-electron chi connectivity index (χ4n) is 8.54. The highest BCUT2D eigenvalue weighted by Crippen LogP contribution is 2.18. The minimum absolute atomic E-state index is 0.0625. The van der Waals surface area contributed by atoms with Crippen LogP contribution in [0.1, 0.15) is 317 Å². The van der Waals surface area contributed by atoms with Crippen molar-refractivity contribution in [2.75, 3.05) is 13.2 Å². The minimum Gasteiger partial charge on any atom is -0.462 e. The number of hydrogen-bond donors (Lipinski definition) is 0. The third-order valence-electron chi connectivity index (χ3n) is 13.2. The largest absolute Gasteiger partial charge is 0.462 e. The number of carbonyl (C=O) groups excluding carboxylic acids is 3. The topological polar surface area (TPSA) is 78.9 Å². The van der Waals surface area contributed by atoms with Crippen LogP contribution in [0.2, 0.25) is 0 Å². The Labute approximate surface area is 387 Å². The molecule has 0 aromatic heterocycles. The molecule has 6 heteroatoms. The molecule has 0 saturated heterocycles. The van der Waals surface area contributed by atoms with E-state index >= 15 is 0 Å². The van der Waals surface area contributed by atoms with E-state index < -0.39 is 6.10 Å². The van der Waals surface area contributed by atoms with Gasteiger partial charge in [-0.1, -0.05) is 278 Å². The average molecular weight is 877 g/mol. The lowest BCUT2D eigenvalue weighted by molar-refractivity contribution is -0.167. The maximum Gasteiger partial charge on any atom is 0.306 e. The van der Waals surface area contributed by atoms with Gasteiger partial charge in [0.25, 0.3) is 0 Å². The molecule has 6 nitrogen and oxygen atoms in total. The summed E-state index contributed by atoms with van der Waals surface area (Å²) in [5.74, 6) is 0.00747. The predicted molar refractivity (Wildman–Crippen MR) is 266 cm³/mol. The first-order chi connectivity index (χ1) is 30.4. The lowest BCUT2D eigenvalue weighted by Crippen LogP contribution is -2.30. The Bertz CT molecular complexity index is 935. The van der Waals surface area contributed by atoms with Crippen molar-refractivity contribution in [1.29, 1.82) is 0 Å². The molecule has 0 aliphatic rings. The molecule has 0 rings (SSSR count). The van der Waals surface area contributed by atoms with Crippen LogP contribution in [0.5, 0.6) is 0 Å². The summed E-state index contributed by atoms with van der Waals surface area (Å²) in [6.45, 7) is 9.05. The van der Waals surface area contributed by atoms with Crippen molar-refractivity contribution in [2.45, 2.75) is 323 Å². The number of unbranched alkanes of at least 4 members (excludes halogenated alkanes) is 37. The molecule has 0 saturated carbocycles. The van der Waals surface area contributed by atoms with Crippen LogP contribution < -0.4 is 0 Å². The normalized spacial score (nSPS) is 12.4. The molecule has 0 aromatic rings. The van der Waals surface area contributed by atoms with Gasteiger partial charge < -0.3 is 14.2 Å². The Kier molecular flexibility index (Phi) is 49.1. The zero-order chi connectivity index (χ0) is 45.2. The van der Waals surface area contributed by atoms with E-state index in [1.54, 1.807) is 0 Å². The Morgan fingerprint density at radius 2 is 0.565 bits per heavy atom. The molecule has 2 atom stereocenters. The van der Waals surface area contributed by atoms with Crippen molar-refractivity contribution in [3.05, 3.63) is 0 Å². The molecule has 0 amide bonds. The Hall–Kier alpha value is -1.59. The second-order valence-corrected chi connectivity index (χ2v) is 19.5. The van der Waals surface area contributed by atoms with Crippen molar-refractivity contribution in [3.63, 3.8) is 0 Å². The van der Waals surface area contributed by atoms with Crippen LogP contribution >= 0.6 is 0 Å². The highest BCUT2D eigenvalue weighted by Gasteiger charge is 2.19. The predicted octanol–water partition coefficient (Wildman–Crippen LogP) is 18.2. The van der Waals surface area contributed by atoms with Crippen LogP contribution in [-0.2, 0) is 28.6 Å². The molecule has 1 unspecified atom stereocenters. The van der Waals surface area contributed by atoms with Crippen LogP contribution in [0, 0.1) is 5.92 Å². The van der Waals surface area contributed by atoms with E-state index in [1.165, 1.54) is 212 Å². The van der Waals surface area contributed by atoms with Gasteiger partial charge in [0.05, 0.1) is 0 Å². The van der Waals surface area contributed by atoms with Gasteiger partial charge in [0.15, 0.2) is 6.10 Å². The molecule has 0 aromatic carbocycles. The minimum atomic E-state index is -0.761. The molecular formula is C56H108O6. The molecule has 0 radical (unpaired) electrons. The number of esters is 3. The van der Waals surface area contributed by atoms with Gasteiger partial charge in [-0.3, -0.25) is 14.4 Å². The lowest BCUT2D eigenvalue weighted by Gasteiger charge is -2.18. The van der Waals surface area contributed by atoms with Gasteiger partial charge in [-0.05, 0) is 25.2 Å². The number of rotatable bonds is 51. The molecular weight excluding hydrogens is 769 g/mol. The summed E-state index contributed by atoms with van der Waals surface area (Å²) in [5, 5.41) is 0. The first-order valence-corrected chi connectivity index (χ1v) is 27.9. The summed E-state index contributed by atoms with van der Waals surface area (Å²) in [6.07, 6.45) is 53.7. The fraction of sp³-hybridized carbons (Fsp3) is 0.946. The molecule has 0 heterocycles. The number of carbonyl (C=O) groups is 3. The summed E-state index contributed by atoms with van der Waals surface area (Å²) in [7, 11) is 0. The van der Waals surface area contributed by atoms with Gasteiger partial charge in [-0.15, -0.1) is 0 Å². The van der Waals surface area contributed by atoms with Crippen molar-refractivity contribution >= 4 is 17.9 Å². The molecule has 368 valence electrons. The van der Waals surface area contributed by atoms with Crippen LogP contribution in [0.25, 0.3) is 0 Å². The maximum atomic E-state index is 12.8. The molecule has 0 N–H and O–H groups in total. The molecule has 0 aliphatic carbocycles. The van der Waals surface area contributed by atoms with E-state index in [-0.39, 0.29) is 31.1 Å². The summed E-state index contributed by atoms with van der Waals surface area (Å²) in [4.78, 5) is 38.0. The highest BCUT2D eigenvalue weighted by molar-refractivity contribution is 5.71. The second-order valence-electron chi connectivity index (χ2n) is 19.5. The van der Waals surface area contributed by atoms with E-state index in [4.69, 9.17) is 14.2 Å². The molecule has 0 bridgehead atoms. The van der Waals surface area contributed by atoms with Crippen LogP contribution in [-0.4, -0.2) is 37.2 Å². The van der Waals surface area contributed by atoms with E-state index in [0.29, 0.717) is 19.3 Å². The third-order valence-corrected chi connectivity index (χ3v) is 13.2. The van der Waals surface area contributed by atoms with Crippen LogP contribution in [0.3, 0.4) is 0 Å². The van der Waals surface area contributed by atoms with Crippen molar-refractivity contribution < 1.29 is 28.6 Å². The van der Waals surface area contributed by atoms with Crippen LogP contribution in [0.4, 0.5) is 0 Å². The molecule has 62 heavy (non-hydrogen) atoms. The Morgan fingerprint density at radius 1 is 0.323 bits per heavy atom. The first-order valence-electron chi connectivity index (χ1n) is 27.9. The summed E-state index contributed by atoms with van der Waals surface area (Å²) < 4.78 is 16.9. The Balaban J connectivity index is 4.28. The van der Waals surface area contributed by atoms with E-state index in [0.717, 1.165) is 63.7 Å². The maximum absolute atomic E-state index is 12.8. The standard InChI is InChI=1S/C56H108O6/c1-5-8-10-12-14-16-18-20-22-23-24-25-27-28-30-35-39-43-47-54(57)60-50-53(51-61-55(58)48-44-40-36-33-32-34-38-42-46-52(4)7-3)62-56(59)49-45-41-37-31-29-26-21-19-17-15-13-11-9-6-2/h52-53H,5-51H2,1-4H3/t52?,53-/m0/s1. The van der Waals surface area contributed by atoms with Gasteiger partial charge in [-0.2, -0.15) is 0 Å². The average Bonchev–Trinajstić information content (AvgIpc) is 3.27. The SMILES string of the molecule is CCCCCCCCCCCCCCCCCCCCC(=O)OC[C@@H](COC(=O)CCCCCCCCCCC(C)CC)OC(=O)CCCCCCCCCCCCCCCC. The third kappa shape index (κ3) is 47.9. The van der Waals surface area contributed by atoms with E-state index in [1.807, 2.05) is 0 Å².